The number of thioether (sulfide) groups is 1. The van der Waals surface area contributed by atoms with Crippen LogP contribution in [-0.2, 0) is 9.53 Å². The highest BCUT2D eigenvalue weighted by molar-refractivity contribution is 8.13. The lowest BCUT2D eigenvalue weighted by Crippen LogP contribution is -2.38. The third-order valence-corrected chi connectivity index (χ3v) is 3.60. The van der Waals surface area contributed by atoms with Crippen LogP contribution >= 0.6 is 11.8 Å². The Hall–Kier alpha value is -0.790. The van der Waals surface area contributed by atoms with Gasteiger partial charge in [-0.25, -0.2) is 0 Å². The van der Waals surface area contributed by atoms with E-state index in [0.717, 1.165) is 5.75 Å². The molecule has 0 spiro atoms. The Morgan fingerprint density at radius 1 is 1.67 bits per heavy atom. The first-order valence-corrected chi connectivity index (χ1v) is 6.85. The molecule has 0 bridgehead atoms. The molecule has 0 aromatic heterocycles. The van der Waals surface area contributed by atoms with Crippen LogP contribution in [0.3, 0.4) is 0 Å². The molecule has 0 radical (unpaired) electrons. The van der Waals surface area contributed by atoms with Crippen molar-refractivity contribution >= 4 is 22.9 Å². The second-order valence-electron chi connectivity index (χ2n) is 4.23. The van der Waals surface area contributed by atoms with Crippen molar-refractivity contribution in [2.45, 2.75) is 12.5 Å². The van der Waals surface area contributed by atoms with E-state index in [0.29, 0.717) is 19.5 Å². The van der Waals surface area contributed by atoms with E-state index in [1.807, 2.05) is 0 Å². The topological polar surface area (TPSA) is 70.1 Å². The number of hydrogen-bond acceptors (Lipinski definition) is 5. The molecule has 1 saturated heterocycles. The number of amides is 2. The van der Waals surface area contributed by atoms with Gasteiger partial charge in [0.1, 0.15) is 0 Å². The number of nitrogens with zero attached hydrogens (tertiary/aromatic N) is 2. The van der Waals surface area contributed by atoms with E-state index in [-0.39, 0.29) is 24.3 Å². The van der Waals surface area contributed by atoms with Gasteiger partial charge in [-0.1, -0.05) is 11.8 Å². The lowest BCUT2D eigenvalue weighted by molar-refractivity contribution is -0.131. The summed E-state index contributed by atoms with van der Waals surface area (Å²) in [4.78, 5) is 26.3. The summed E-state index contributed by atoms with van der Waals surface area (Å²) in [5.74, 6) is 0.727. The quantitative estimate of drug-likeness (QED) is 0.709. The lowest BCUT2D eigenvalue weighted by atomic mass is 10.3. The second kappa shape index (κ2) is 7.60. The van der Waals surface area contributed by atoms with E-state index >= 15 is 0 Å². The van der Waals surface area contributed by atoms with E-state index in [4.69, 9.17) is 4.74 Å². The number of carbonyl (C=O) groups excluding carboxylic acids is 2. The summed E-state index contributed by atoms with van der Waals surface area (Å²) in [6, 6.07) is 0. The van der Waals surface area contributed by atoms with Gasteiger partial charge >= 0.3 is 0 Å². The zero-order valence-corrected chi connectivity index (χ0v) is 11.6. The summed E-state index contributed by atoms with van der Waals surface area (Å²) in [5.41, 5.74) is 0. The minimum Gasteiger partial charge on any atom is -0.389 e. The van der Waals surface area contributed by atoms with Crippen molar-refractivity contribution in [2.75, 3.05) is 46.2 Å². The monoisotopic (exact) mass is 276 g/mol. The van der Waals surface area contributed by atoms with Gasteiger partial charge in [0.2, 0.25) is 5.91 Å². The Morgan fingerprint density at radius 3 is 2.94 bits per heavy atom. The number of carbonyl (C=O) groups is 2. The van der Waals surface area contributed by atoms with Crippen LogP contribution in [-0.4, -0.2) is 78.3 Å². The maximum absolute atomic E-state index is 11.8. The molecule has 1 rings (SSSR count). The highest BCUT2D eigenvalue weighted by atomic mass is 32.2. The molecular weight excluding hydrogens is 256 g/mol. The van der Waals surface area contributed by atoms with Crippen LogP contribution in [0.5, 0.6) is 0 Å². The minimum absolute atomic E-state index is 0.0462. The predicted octanol–water partition coefficient (Wildman–Crippen LogP) is 0.0110. The zero-order valence-electron chi connectivity index (χ0n) is 10.8. The fourth-order valence-electron chi connectivity index (χ4n) is 1.71. The van der Waals surface area contributed by atoms with Crippen molar-refractivity contribution in [3.63, 3.8) is 0 Å². The van der Waals surface area contributed by atoms with Crippen LogP contribution in [0.2, 0.25) is 0 Å². The van der Waals surface area contributed by atoms with Crippen molar-refractivity contribution in [2.24, 2.45) is 0 Å². The van der Waals surface area contributed by atoms with Crippen molar-refractivity contribution in [1.29, 1.82) is 0 Å². The maximum Gasteiger partial charge on any atom is 0.281 e. The third kappa shape index (κ3) is 4.83. The summed E-state index contributed by atoms with van der Waals surface area (Å²) < 4.78 is 4.80. The van der Waals surface area contributed by atoms with Gasteiger partial charge in [0.15, 0.2) is 0 Å². The molecule has 1 fully saturated rings. The van der Waals surface area contributed by atoms with Gasteiger partial charge in [0.25, 0.3) is 5.24 Å². The summed E-state index contributed by atoms with van der Waals surface area (Å²) in [6.07, 6.45) is -0.379. The molecule has 0 aliphatic carbocycles. The summed E-state index contributed by atoms with van der Waals surface area (Å²) in [7, 11) is 3.14. The molecule has 0 saturated carbocycles. The Balaban J connectivity index is 2.24. The molecule has 7 heteroatoms. The van der Waals surface area contributed by atoms with Crippen LogP contribution in [0.15, 0.2) is 0 Å². The van der Waals surface area contributed by atoms with Crippen LogP contribution in [0, 0.1) is 0 Å². The van der Waals surface area contributed by atoms with E-state index in [1.54, 1.807) is 11.9 Å². The Bertz CT molecular complexity index is 301. The van der Waals surface area contributed by atoms with Gasteiger partial charge in [-0.05, 0) is 0 Å². The van der Waals surface area contributed by atoms with Crippen LogP contribution in [0.25, 0.3) is 0 Å². The van der Waals surface area contributed by atoms with Gasteiger partial charge in [-0.2, -0.15) is 0 Å². The van der Waals surface area contributed by atoms with Crippen LogP contribution in [0.4, 0.5) is 4.79 Å². The fourth-order valence-corrected chi connectivity index (χ4v) is 2.56. The van der Waals surface area contributed by atoms with Crippen molar-refractivity contribution in [3.8, 4) is 0 Å². The first kappa shape index (κ1) is 15.3. The molecule has 0 aromatic rings. The number of ether oxygens (including phenoxy) is 1. The van der Waals surface area contributed by atoms with Gasteiger partial charge in [-0.3, -0.25) is 9.59 Å². The first-order chi connectivity index (χ1) is 8.54. The molecule has 2 amide bonds. The van der Waals surface area contributed by atoms with Crippen LogP contribution < -0.4 is 0 Å². The zero-order chi connectivity index (χ0) is 13.5. The summed E-state index contributed by atoms with van der Waals surface area (Å²) in [6.45, 7) is 1.62. The molecule has 0 aromatic carbocycles. The van der Waals surface area contributed by atoms with E-state index < -0.39 is 6.10 Å². The number of hydrogen-bond donors (Lipinski definition) is 1. The van der Waals surface area contributed by atoms with Crippen molar-refractivity contribution in [1.82, 2.24) is 9.80 Å². The summed E-state index contributed by atoms with van der Waals surface area (Å²) in [5, 5.41) is 9.55. The average molecular weight is 276 g/mol. The van der Waals surface area contributed by atoms with E-state index in [9.17, 15) is 14.7 Å². The normalized spacial score (nSPS) is 17.1. The molecule has 18 heavy (non-hydrogen) atoms. The Labute approximate surface area is 111 Å². The standard InChI is InChI=1S/C11H20N2O4S/c1-12(7-9(14)8-17-2)10(15)3-4-13-5-6-18-11(13)16/h9,14H,3-8H2,1-2H3. The van der Waals surface area contributed by atoms with Gasteiger partial charge < -0.3 is 19.6 Å². The second-order valence-corrected chi connectivity index (χ2v) is 5.28. The first-order valence-electron chi connectivity index (χ1n) is 5.87. The minimum atomic E-state index is -0.673. The molecule has 1 unspecified atom stereocenters. The molecule has 1 aliphatic heterocycles. The molecular formula is C11H20N2O4S. The highest BCUT2D eigenvalue weighted by Gasteiger charge is 2.22. The molecule has 1 N–H and O–H groups in total. The Kier molecular flexibility index (Phi) is 6.45. The molecule has 1 atom stereocenters. The molecule has 6 nitrogen and oxygen atoms in total. The average Bonchev–Trinajstić information content (AvgIpc) is 2.72. The van der Waals surface area contributed by atoms with Crippen molar-refractivity contribution in [3.05, 3.63) is 0 Å². The number of aliphatic hydroxyl groups excluding tert-OH is 1. The smallest absolute Gasteiger partial charge is 0.281 e. The largest absolute Gasteiger partial charge is 0.389 e. The molecule has 1 heterocycles. The molecule has 1 aliphatic rings. The number of rotatable bonds is 7. The van der Waals surface area contributed by atoms with E-state index in [2.05, 4.69) is 0 Å². The molecule has 104 valence electrons. The van der Waals surface area contributed by atoms with E-state index in [1.165, 1.54) is 23.8 Å². The van der Waals surface area contributed by atoms with Crippen LogP contribution in [0.1, 0.15) is 6.42 Å². The van der Waals surface area contributed by atoms with Gasteiger partial charge in [0, 0.05) is 46.0 Å². The SMILES string of the molecule is COCC(O)CN(C)C(=O)CCN1CCSC1=O. The van der Waals surface area contributed by atoms with Crippen molar-refractivity contribution < 1.29 is 19.4 Å². The highest BCUT2D eigenvalue weighted by Crippen LogP contribution is 2.17. The third-order valence-electron chi connectivity index (χ3n) is 2.71. The predicted molar refractivity (Wildman–Crippen MR) is 69.6 cm³/mol. The van der Waals surface area contributed by atoms with Gasteiger partial charge in [-0.15, -0.1) is 0 Å². The number of aliphatic hydroxyl groups is 1. The fraction of sp³-hybridized carbons (Fsp3) is 0.818. The summed E-state index contributed by atoms with van der Waals surface area (Å²) >= 11 is 1.29. The number of methoxy groups -OCH3 is 1. The maximum atomic E-state index is 11.8. The van der Waals surface area contributed by atoms with Gasteiger partial charge in [0.05, 0.1) is 12.7 Å². The number of likely N-dealkylation sites (N-methyl/N-ethyl adjacent to an activating group) is 1. The lowest BCUT2D eigenvalue weighted by Gasteiger charge is -2.22. The Morgan fingerprint density at radius 2 is 2.39 bits per heavy atom.